The summed E-state index contributed by atoms with van der Waals surface area (Å²) in [6, 6.07) is 16.5. The van der Waals surface area contributed by atoms with Gasteiger partial charge in [0.25, 0.3) is 5.91 Å². The molecule has 7 nitrogen and oxygen atoms in total. The SMILES string of the molecule is N#CCC(=O)Nc1ccc(C(=O)N2CCC[C@@H](c3nc4ccccc4[nH]3)C2)cc1. The van der Waals surface area contributed by atoms with Gasteiger partial charge in [0, 0.05) is 30.3 Å². The van der Waals surface area contributed by atoms with Crippen molar-refractivity contribution in [1.29, 1.82) is 5.26 Å². The van der Waals surface area contributed by atoms with Gasteiger partial charge in [0.1, 0.15) is 12.2 Å². The molecule has 0 bridgehead atoms. The lowest BCUT2D eigenvalue weighted by atomic mass is 9.96. The van der Waals surface area contributed by atoms with Crippen LogP contribution in [0.15, 0.2) is 48.5 Å². The van der Waals surface area contributed by atoms with E-state index in [1.807, 2.05) is 29.2 Å². The Labute approximate surface area is 168 Å². The Balaban J connectivity index is 1.44. The molecular formula is C22H21N5O2. The van der Waals surface area contributed by atoms with E-state index < -0.39 is 0 Å². The molecule has 2 heterocycles. The molecule has 2 amide bonds. The van der Waals surface area contributed by atoms with Crippen molar-refractivity contribution in [2.75, 3.05) is 18.4 Å². The summed E-state index contributed by atoms with van der Waals surface area (Å²) in [5.74, 6) is 0.723. The van der Waals surface area contributed by atoms with E-state index >= 15 is 0 Å². The quantitative estimate of drug-likeness (QED) is 0.716. The zero-order valence-corrected chi connectivity index (χ0v) is 15.9. The number of likely N-dealkylation sites (tertiary alicyclic amines) is 1. The van der Waals surface area contributed by atoms with Gasteiger partial charge in [0.2, 0.25) is 5.91 Å². The van der Waals surface area contributed by atoms with E-state index in [0.29, 0.717) is 17.8 Å². The van der Waals surface area contributed by atoms with Crippen molar-refractivity contribution in [2.24, 2.45) is 0 Å². The van der Waals surface area contributed by atoms with Crippen LogP contribution in [0.2, 0.25) is 0 Å². The largest absolute Gasteiger partial charge is 0.342 e. The molecule has 0 unspecified atom stereocenters. The smallest absolute Gasteiger partial charge is 0.253 e. The maximum atomic E-state index is 12.9. The van der Waals surface area contributed by atoms with E-state index in [2.05, 4.69) is 10.3 Å². The molecule has 0 radical (unpaired) electrons. The first-order valence-corrected chi connectivity index (χ1v) is 9.65. The first-order valence-electron chi connectivity index (χ1n) is 9.65. The van der Waals surface area contributed by atoms with Gasteiger partial charge in [-0.1, -0.05) is 12.1 Å². The number of H-pyrrole nitrogens is 1. The fourth-order valence-electron chi connectivity index (χ4n) is 3.71. The lowest BCUT2D eigenvalue weighted by Gasteiger charge is -2.32. The van der Waals surface area contributed by atoms with Crippen LogP contribution < -0.4 is 5.32 Å². The minimum Gasteiger partial charge on any atom is -0.342 e. The number of rotatable bonds is 4. The van der Waals surface area contributed by atoms with Gasteiger partial charge in [-0.3, -0.25) is 9.59 Å². The molecule has 1 aliphatic heterocycles. The minimum absolute atomic E-state index is 0.0271. The molecule has 1 aromatic heterocycles. The maximum absolute atomic E-state index is 12.9. The van der Waals surface area contributed by atoms with Crippen molar-refractivity contribution < 1.29 is 9.59 Å². The van der Waals surface area contributed by atoms with Crippen molar-refractivity contribution in [3.8, 4) is 6.07 Å². The molecule has 7 heteroatoms. The van der Waals surface area contributed by atoms with Gasteiger partial charge < -0.3 is 15.2 Å². The molecule has 2 N–H and O–H groups in total. The van der Waals surface area contributed by atoms with E-state index in [9.17, 15) is 9.59 Å². The summed E-state index contributed by atoms with van der Waals surface area (Å²) in [6.45, 7) is 1.34. The van der Waals surface area contributed by atoms with Gasteiger partial charge in [-0.05, 0) is 49.2 Å². The number of para-hydroxylation sites is 2. The zero-order valence-electron chi connectivity index (χ0n) is 15.9. The van der Waals surface area contributed by atoms with Crippen LogP contribution >= 0.6 is 0 Å². The van der Waals surface area contributed by atoms with E-state index in [1.165, 1.54) is 0 Å². The Bertz CT molecular complexity index is 1050. The van der Waals surface area contributed by atoms with Crippen LogP contribution in [-0.4, -0.2) is 39.8 Å². The highest BCUT2D eigenvalue weighted by atomic mass is 16.2. The summed E-state index contributed by atoms with van der Waals surface area (Å²) in [5, 5.41) is 11.2. The number of aromatic amines is 1. The lowest BCUT2D eigenvalue weighted by molar-refractivity contribution is -0.115. The molecule has 0 aliphatic carbocycles. The van der Waals surface area contributed by atoms with E-state index in [-0.39, 0.29) is 24.2 Å². The molecule has 1 saturated heterocycles. The highest BCUT2D eigenvalue weighted by Crippen LogP contribution is 2.27. The number of nitrogens with one attached hydrogen (secondary N) is 2. The van der Waals surface area contributed by atoms with Crippen molar-refractivity contribution in [1.82, 2.24) is 14.9 Å². The topological polar surface area (TPSA) is 102 Å². The van der Waals surface area contributed by atoms with Gasteiger partial charge in [-0.2, -0.15) is 5.26 Å². The van der Waals surface area contributed by atoms with Crippen molar-refractivity contribution in [3.63, 3.8) is 0 Å². The van der Waals surface area contributed by atoms with Gasteiger partial charge in [0.05, 0.1) is 17.1 Å². The van der Waals surface area contributed by atoms with Gasteiger partial charge in [-0.15, -0.1) is 0 Å². The van der Waals surface area contributed by atoms with Crippen molar-refractivity contribution in [3.05, 3.63) is 59.9 Å². The Morgan fingerprint density at radius 3 is 2.76 bits per heavy atom. The molecule has 1 aliphatic rings. The minimum atomic E-state index is -0.365. The highest BCUT2D eigenvalue weighted by Gasteiger charge is 2.27. The fraction of sp³-hybridized carbons (Fsp3) is 0.273. The van der Waals surface area contributed by atoms with Crippen LogP contribution in [0.3, 0.4) is 0 Å². The molecule has 0 spiro atoms. The molecule has 0 saturated carbocycles. The maximum Gasteiger partial charge on any atom is 0.253 e. The standard InChI is InChI=1S/C22H21N5O2/c23-12-11-20(28)24-17-9-7-15(8-10-17)22(29)27-13-3-4-16(14-27)21-25-18-5-1-2-6-19(18)26-21/h1-2,5-10,16H,3-4,11,13-14H2,(H,24,28)(H,25,26)/t16-/m1/s1. The number of fused-ring (bicyclic) bond motifs is 1. The third kappa shape index (κ3) is 4.11. The number of carbonyl (C=O) groups excluding carboxylic acids is 2. The third-order valence-corrected chi connectivity index (χ3v) is 5.16. The lowest BCUT2D eigenvalue weighted by Crippen LogP contribution is -2.39. The predicted molar refractivity (Wildman–Crippen MR) is 109 cm³/mol. The van der Waals surface area contributed by atoms with E-state index in [4.69, 9.17) is 10.2 Å². The fourth-order valence-corrected chi connectivity index (χ4v) is 3.71. The number of nitrogens with zero attached hydrogens (tertiary/aromatic N) is 3. The summed E-state index contributed by atoms with van der Waals surface area (Å²) < 4.78 is 0. The Morgan fingerprint density at radius 1 is 1.21 bits per heavy atom. The van der Waals surface area contributed by atoms with Crippen LogP contribution in [0.1, 0.15) is 41.4 Å². The Kier molecular flexibility index (Phi) is 5.25. The molecular weight excluding hydrogens is 366 g/mol. The number of aromatic nitrogens is 2. The summed E-state index contributed by atoms with van der Waals surface area (Å²) in [5.41, 5.74) is 3.11. The van der Waals surface area contributed by atoms with Gasteiger partial charge >= 0.3 is 0 Å². The summed E-state index contributed by atoms with van der Waals surface area (Å²) in [4.78, 5) is 34.4. The molecule has 1 fully saturated rings. The second-order valence-corrected chi connectivity index (χ2v) is 7.19. The number of benzene rings is 2. The molecule has 3 aromatic rings. The number of piperidine rings is 1. The second-order valence-electron chi connectivity index (χ2n) is 7.19. The van der Waals surface area contributed by atoms with Crippen LogP contribution in [-0.2, 0) is 4.79 Å². The molecule has 1 atom stereocenters. The second kappa shape index (κ2) is 8.15. The first kappa shape index (κ1) is 18.7. The number of hydrogen-bond donors (Lipinski definition) is 2. The van der Waals surface area contributed by atoms with E-state index in [1.54, 1.807) is 30.3 Å². The number of carbonyl (C=O) groups is 2. The summed E-state index contributed by atoms with van der Waals surface area (Å²) in [6.07, 6.45) is 1.72. The molecule has 29 heavy (non-hydrogen) atoms. The molecule has 4 rings (SSSR count). The summed E-state index contributed by atoms with van der Waals surface area (Å²) in [7, 11) is 0. The van der Waals surface area contributed by atoms with Gasteiger partial charge in [0.15, 0.2) is 0 Å². The predicted octanol–water partition coefficient (Wildman–Crippen LogP) is 3.43. The monoisotopic (exact) mass is 387 g/mol. The molecule has 2 aromatic carbocycles. The van der Waals surface area contributed by atoms with Gasteiger partial charge in [-0.25, -0.2) is 4.98 Å². The number of nitriles is 1. The van der Waals surface area contributed by atoms with Crippen molar-refractivity contribution in [2.45, 2.75) is 25.2 Å². The average Bonchev–Trinajstić information content (AvgIpc) is 3.18. The Hall–Kier alpha value is -3.66. The van der Waals surface area contributed by atoms with Crippen LogP contribution in [0.4, 0.5) is 5.69 Å². The molecule has 146 valence electrons. The van der Waals surface area contributed by atoms with Crippen LogP contribution in [0, 0.1) is 11.3 Å². The summed E-state index contributed by atoms with van der Waals surface area (Å²) >= 11 is 0. The number of imidazole rings is 1. The zero-order chi connectivity index (χ0) is 20.2. The van der Waals surface area contributed by atoms with Crippen molar-refractivity contribution >= 4 is 28.5 Å². The number of anilines is 1. The van der Waals surface area contributed by atoms with Crippen LogP contribution in [0.25, 0.3) is 11.0 Å². The highest BCUT2D eigenvalue weighted by molar-refractivity contribution is 5.96. The average molecular weight is 387 g/mol. The number of hydrogen-bond acceptors (Lipinski definition) is 4. The number of amides is 2. The Morgan fingerprint density at radius 2 is 2.00 bits per heavy atom. The van der Waals surface area contributed by atoms with Crippen LogP contribution in [0.5, 0.6) is 0 Å². The van der Waals surface area contributed by atoms with E-state index in [0.717, 1.165) is 36.2 Å². The normalized spacial score (nSPS) is 16.4. The first-order chi connectivity index (χ1) is 14.1. The third-order valence-electron chi connectivity index (χ3n) is 5.16.